The van der Waals surface area contributed by atoms with E-state index in [1.54, 1.807) is 0 Å². The second kappa shape index (κ2) is 4.07. The second-order valence-electron chi connectivity index (χ2n) is 3.88. The smallest absolute Gasteiger partial charge is 0.0164 e. The fourth-order valence-electron chi connectivity index (χ4n) is 1.48. The van der Waals surface area contributed by atoms with Crippen LogP contribution in [0.1, 0.15) is 33.1 Å². The molecule has 1 aliphatic rings. The van der Waals surface area contributed by atoms with Crippen LogP contribution in [0.15, 0.2) is 0 Å². The minimum atomic E-state index is 0.476. The molecule has 66 valence electrons. The SMILES string of the molecule is CC(CN)NC(C)CC1CC1. The molecule has 2 nitrogen and oxygen atoms in total. The van der Waals surface area contributed by atoms with Gasteiger partial charge in [0, 0.05) is 18.6 Å². The second-order valence-corrected chi connectivity index (χ2v) is 3.88. The van der Waals surface area contributed by atoms with E-state index in [9.17, 15) is 0 Å². The van der Waals surface area contributed by atoms with Crippen molar-refractivity contribution in [3.05, 3.63) is 0 Å². The van der Waals surface area contributed by atoms with Crippen LogP contribution in [0.2, 0.25) is 0 Å². The Balaban J connectivity index is 2.03. The van der Waals surface area contributed by atoms with Crippen LogP contribution in [0.25, 0.3) is 0 Å². The summed E-state index contributed by atoms with van der Waals surface area (Å²) < 4.78 is 0. The molecule has 1 fully saturated rings. The van der Waals surface area contributed by atoms with Gasteiger partial charge in [0.05, 0.1) is 0 Å². The van der Waals surface area contributed by atoms with Crippen LogP contribution in [0.3, 0.4) is 0 Å². The third kappa shape index (κ3) is 3.73. The molecule has 2 atom stereocenters. The molecule has 1 saturated carbocycles. The zero-order valence-electron chi connectivity index (χ0n) is 7.64. The summed E-state index contributed by atoms with van der Waals surface area (Å²) in [5.41, 5.74) is 5.50. The molecular weight excluding hydrogens is 136 g/mol. The van der Waals surface area contributed by atoms with Crippen molar-refractivity contribution in [1.29, 1.82) is 0 Å². The molecule has 2 unspecified atom stereocenters. The van der Waals surface area contributed by atoms with E-state index in [-0.39, 0.29) is 0 Å². The number of rotatable bonds is 5. The Morgan fingerprint density at radius 1 is 1.36 bits per heavy atom. The lowest BCUT2D eigenvalue weighted by atomic mass is 10.1. The zero-order chi connectivity index (χ0) is 8.27. The van der Waals surface area contributed by atoms with Gasteiger partial charge in [-0.3, -0.25) is 0 Å². The van der Waals surface area contributed by atoms with Gasteiger partial charge in [-0.15, -0.1) is 0 Å². The molecule has 0 heterocycles. The predicted molar refractivity (Wildman–Crippen MR) is 48.5 cm³/mol. The van der Waals surface area contributed by atoms with Gasteiger partial charge in [0.2, 0.25) is 0 Å². The molecule has 0 radical (unpaired) electrons. The van der Waals surface area contributed by atoms with E-state index in [1.165, 1.54) is 19.3 Å². The first-order valence-electron chi connectivity index (χ1n) is 4.68. The highest BCUT2D eigenvalue weighted by Gasteiger charge is 2.23. The molecule has 0 amide bonds. The fourth-order valence-corrected chi connectivity index (χ4v) is 1.48. The van der Waals surface area contributed by atoms with Crippen molar-refractivity contribution in [2.24, 2.45) is 11.7 Å². The van der Waals surface area contributed by atoms with Crippen LogP contribution < -0.4 is 11.1 Å². The molecule has 0 aromatic carbocycles. The largest absolute Gasteiger partial charge is 0.329 e. The van der Waals surface area contributed by atoms with Crippen molar-refractivity contribution in [1.82, 2.24) is 5.32 Å². The van der Waals surface area contributed by atoms with Gasteiger partial charge in [-0.05, 0) is 26.2 Å². The van der Waals surface area contributed by atoms with Crippen molar-refractivity contribution in [3.8, 4) is 0 Å². The van der Waals surface area contributed by atoms with Crippen LogP contribution in [0, 0.1) is 5.92 Å². The number of hydrogen-bond acceptors (Lipinski definition) is 2. The van der Waals surface area contributed by atoms with Crippen LogP contribution >= 0.6 is 0 Å². The van der Waals surface area contributed by atoms with E-state index in [1.807, 2.05) is 0 Å². The minimum absolute atomic E-state index is 0.476. The molecule has 1 aliphatic carbocycles. The van der Waals surface area contributed by atoms with Gasteiger partial charge in [-0.25, -0.2) is 0 Å². The standard InChI is InChI=1S/C9H20N2/c1-7(5-9-3-4-9)11-8(2)6-10/h7-9,11H,3-6,10H2,1-2H3. The van der Waals surface area contributed by atoms with Gasteiger partial charge in [0.25, 0.3) is 0 Å². The van der Waals surface area contributed by atoms with Crippen LogP contribution in [0.4, 0.5) is 0 Å². The summed E-state index contributed by atoms with van der Waals surface area (Å²) in [7, 11) is 0. The minimum Gasteiger partial charge on any atom is -0.329 e. The van der Waals surface area contributed by atoms with Gasteiger partial charge in [0.1, 0.15) is 0 Å². The van der Waals surface area contributed by atoms with Crippen molar-refractivity contribution in [2.45, 2.75) is 45.2 Å². The van der Waals surface area contributed by atoms with E-state index in [4.69, 9.17) is 5.73 Å². The Bertz CT molecular complexity index is 110. The molecule has 0 aliphatic heterocycles. The van der Waals surface area contributed by atoms with Crippen LogP contribution in [0.5, 0.6) is 0 Å². The molecule has 1 rings (SSSR count). The average molecular weight is 156 g/mol. The summed E-state index contributed by atoms with van der Waals surface area (Å²) in [5.74, 6) is 1.02. The van der Waals surface area contributed by atoms with Gasteiger partial charge >= 0.3 is 0 Å². The lowest BCUT2D eigenvalue weighted by Crippen LogP contribution is -2.39. The molecule has 0 aromatic heterocycles. The quantitative estimate of drug-likeness (QED) is 0.626. The maximum Gasteiger partial charge on any atom is 0.0164 e. The van der Waals surface area contributed by atoms with Crippen molar-refractivity contribution >= 4 is 0 Å². The van der Waals surface area contributed by atoms with E-state index >= 15 is 0 Å². The van der Waals surface area contributed by atoms with Gasteiger partial charge in [-0.1, -0.05) is 12.8 Å². The molecule has 11 heavy (non-hydrogen) atoms. The first-order valence-corrected chi connectivity index (χ1v) is 4.68. The van der Waals surface area contributed by atoms with Gasteiger partial charge in [0.15, 0.2) is 0 Å². The fraction of sp³-hybridized carbons (Fsp3) is 1.00. The summed E-state index contributed by atoms with van der Waals surface area (Å²) in [6, 6.07) is 1.13. The third-order valence-electron chi connectivity index (χ3n) is 2.31. The average Bonchev–Trinajstić information content (AvgIpc) is 2.71. The Hall–Kier alpha value is -0.0800. The zero-order valence-corrected chi connectivity index (χ0v) is 7.64. The van der Waals surface area contributed by atoms with Crippen molar-refractivity contribution < 1.29 is 0 Å². The topological polar surface area (TPSA) is 38.0 Å². The van der Waals surface area contributed by atoms with Crippen molar-refractivity contribution in [3.63, 3.8) is 0 Å². The molecule has 2 heteroatoms. The summed E-state index contributed by atoms with van der Waals surface area (Å²) in [5, 5.41) is 3.48. The number of hydrogen-bond donors (Lipinski definition) is 2. The highest BCUT2D eigenvalue weighted by molar-refractivity contribution is 4.79. The van der Waals surface area contributed by atoms with Crippen LogP contribution in [-0.2, 0) is 0 Å². The van der Waals surface area contributed by atoms with Gasteiger partial charge < -0.3 is 11.1 Å². The van der Waals surface area contributed by atoms with Crippen LogP contribution in [-0.4, -0.2) is 18.6 Å². The van der Waals surface area contributed by atoms with Crippen molar-refractivity contribution in [2.75, 3.05) is 6.54 Å². The summed E-state index contributed by atoms with van der Waals surface area (Å²) in [4.78, 5) is 0. The van der Waals surface area contributed by atoms with E-state index in [0.29, 0.717) is 12.1 Å². The van der Waals surface area contributed by atoms with E-state index < -0.39 is 0 Å². The lowest BCUT2D eigenvalue weighted by Gasteiger charge is -2.18. The normalized spacial score (nSPS) is 23.2. The molecule has 0 bridgehead atoms. The van der Waals surface area contributed by atoms with E-state index in [0.717, 1.165) is 12.5 Å². The monoisotopic (exact) mass is 156 g/mol. The Labute approximate surface area is 69.5 Å². The lowest BCUT2D eigenvalue weighted by molar-refractivity contribution is 0.434. The predicted octanol–water partition coefficient (Wildman–Crippen LogP) is 1.11. The van der Waals surface area contributed by atoms with Gasteiger partial charge in [-0.2, -0.15) is 0 Å². The molecular formula is C9H20N2. The highest BCUT2D eigenvalue weighted by atomic mass is 15.0. The Morgan fingerprint density at radius 3 is 2.45 bits per heavy atom. The summed E-state index contributed by atoms with van der Waals surface area (Å²) >= 11 is 0. The molecule has 0 spiro atoms. The summed E-state index contributed by atoms with van der Waals surface area (Å²) in [6.07, 6.45) is 4.23. The first-order chi connectivity index (χ1) is 5.22. The van der Waals surface area contributed by atoms with E-state index in [2.05, 4.69) is 19.2 Å². The molecule has 0 saturated heterocycles. The summed E-state index contributed by atoms with van der Waals surface area (Å²) in [6.45, 7) is 5.14. The maximum absolute atomic E-state index is 5.50. The molecule has 0 aromatic rings. The Morgan fingerprint density at radius 2 is 2.00 bits per heavy atom. The number of nitrogens with one attached hydrogen (secondary N) is 1. The third-order valence-corrected chi connectivity index (χ3v) is 2.31. The highest BCUT2D eigenvalue weighted by Crippen LogP contribution is 2.33. The molecule has 3 N–H and O–H groups in total. The maximum atomic E-state index is 5.50. The number of nitrogens with two attached hydrogens (primary N) is 1. The first kappa shape index (κ1) is 9.01. The Kier molecular flexibility index (Phi) is 3.34.